The van der Waals surface area contributed by atoms with E-state index in [1.54, 1.807) is 6.08 Å². The lowest BCUT2D eigenvalue weighted by molar-refractivity contribution is -0.137. The Morgan fingerprint density at radius 2 is 1.86 bits per heavy atom. The molecule has 0 saturated heterocycles. The summed E-state index contributed by atoms with van der Waals surface area (Å²) in [7, 11) is 0. The summed E-state index contributed by atoms with van der Waals surface area (Å²) < 4.78 is 5.27. The van der Waals surface area contributed by atoms with Crippen LogP contribution in [0.4, 0.5) is 0 Å². The van der Waals surface area contributed by atoms with Crippen molar-refractivity contribution in [2.75, 3.05) is 6.61 Å². The van der Waals surface area contributed by atoms with Gasteiger partial charge < -0.3 is 4.74 Å². The molecule has 1 saturated carbocycles. The average Bonchev–Trinajstić information content (AvgIpc) is 3.14. The second-order valence-electron chi connectivity index (χ2n) is 8.63. The molecule has 0 aromatic rings. The predicted molar refractivity (Wildman–Crippen MR) is 122 cm³/mol. The maximum atomic E-state index is 11.9. The molecule has 0 bridgehead atoms. The lowest BCUT2D eigenvalue weighted by Crippen LogP contribution is -2.19. The molecule has 1 fully saturated rings. The van der Waals surface area contributed by atoms with Crippen LogP contribution in [-0.4, -0.2) is 12.6 Å². The van der Waals surface area contributed by atoms with Crippen molar-refractivity contribution < 1.29 is 9.53 Å². The van der Waals surface area contributed by atoms with E-state index >= 15 is 0 Å². The van der Waals surface area contributed by atoms with Gasteiger partial charge in [-0.2, -0.15) is 0 Å². The highest BCUT2D eigenvalue weighted by Gasteiger charge is 2.26. The molecule has 0 atom stereocenters. The highest BCUT2D eigenvalue weighted by Crippen LogP contribution is 2.40. The Hall–Kier alpha value is -1.83. The van der Waals surface area contributed by atoms with Gasteiger partial charge >= 0.3 is 5.97 Å². The topological polar surface area (TPSA) is 26.3 Å². The quantitative estimate of drug-likeness (QED) is 0.257. The fourth-order valence-corrected chi connectivity index (χ4v) is 3.76. The van der Waals surface area contributed by atoms with Crippen molar-refractivity contribution >= 4 is 5.97 Å². The van der Waals surface area contributed by atoms with Crippen LogP contribution in [-0.2, 0) is 9.53 Å². The molecule has 0 unspecified atom stereocenters. The highest BCUT2D eigenvalue weighted by molar-refractivity contribution is 5.83. The molecule has 2 heteroatoms. The third-order valence-electron chi connectivity index (χ3n) is 5.49. The van der Waals surface area contributed by atoms with E-state index in [0.717, 1.165) is 12.0 Å². The van der Waals surface area contributed by atoms with Gasteiger partial charge in [-0.25, -0.2) is 4.79 Å². The van der Waals surface area contributed by atoms with Crippen LogP contribution in [0, 0.1) is 37.0 Å². The summed E-state index contributed by atoms with van der Waals surface area (Å²) in [6.07, 6.45) is 24.5. The first-order valence-corrected chi connectivity index (χ1v) is 10.6. The molecule has 0 aromatic carbocycles. The molecule has 0 aromatic heterocycles. The van der Waals surface area contributed by atoms with Gasteiger partial charge in [0.15, 0.2) is 0 Å². The van der Waals surface area contributed by atoms with E-state index in [1.807, 2.05) is 44.8 Å². The van der Waals surface area contributed by atoms with E-state index in [2.05, 4.69) is 45.9 Å². The molecular weight excluding hydrogens is 356 g/mol. The zero-order chi connectivity index (χ0) is 21.3. The van der Waals surface area contributed by atoms with Crippen LogP contribution in [0.1, 0.15) is 60.3 Å². The predicted octanol–water partition coefficient (Wildman–Crippen LogP) is 6.86. The fraction of sp³-hybridized carbons (Fsp3) is 0.407. The van der Waals surface area contributed by atoms with E-state index < -0.39 is 0 Å². The van der Waals surface area contributed by atoms with E-state index in [-0.39, 0.29) is 11.4 Å². The number of rotatable bonds is 8. The summed E-state index contributed by atoms with van der Waals surface area (Å²) in [5.74, 6) is 0.899. The van der Waals surface area contributed by atoms with Crippen molar-refractivity contribution in [2.24, 2.45) is 5.41 Å². The zero-order valence-corrected chi connectivity index (χ0v) is 18.6. The molecular formula is C27H35O2. The second-order valence-corrected chi connectivity index (χ2v) is 8.63. The minimum absolute atomic E-state index is 0.261. The van der Waals surface area contributed by atoms with Gasteiger partial charge in [-0.3, -0.25) is 0 Å². The highest BCUT2D eigenvalue weighted by atomic mass is 16.5. The van der Waals surface area contributed by atoms with Crippen molar-refractivity contribution in [1.29, 1.82) is 0 Å². The molecule has 0 aliphatic heterocycles. The normalized spacial score (nSPS) is 21.6. The summed E-state index contributed by atoms with van der Waals surface area (Å²) in [4.78, 5) is 11.9. The Morgan fingerprint density at radius 3 is 2.55 bits per heavy atom. The molecule has 29 heavy (non-hydrogen) atoms. The number of esters is 1. The third kappa shape index (κ3) is 8.20. The third-order valence-corrected chi connectivity index (χ3v) is 5.49. The largest absolute Gasteiger partial charge is 0.463 e. The summed E-state index contributed by atoms with van der Waals surface area (Å²) in [5, 5.41) is 0. The Morgan fingerprint density at radius 1 is 1.14 bits per heavy atom. The molecule has 155 valence electrons. The number of carbonyl (C=O) groups is 1. The molecule has 0 heterocycles. The number of ether oxygens (including phenoxy) is 1. The van der Waals surface area contributed by atoms with Gasteiger partial charge in [-0.1, -0.05) is 55.4 Å². The van der Waals surface area contributed by atoms with Crippen LogP contribution in [0.15, 0.2) is 58.7 Å². The molecule has 2 nitrogen and oxygen atoms in total. The lowest BCUT2D eigenvalue weighted by Gasteiger charge is -2.32. The van der Waals surface area contributed by atoms with Crippen LogP contribution in [0.2, 0.25) is 0 Å². The SMILES string of the molecule is CC1=C(/C=C/C(C)=C/C=C/C(C)=C/C(=O)OCC[C]2[CH][CH][CH][CH]2)C(C)(C)CCC1. The van der Waals surface area contributed by atoms with Gasteiger partial charge in [0, 0.05) is 6.08 Å². The van der Waals surface area contributed by atoms with Crippen molar-refractivity contribution in [3.63, 3.8) is 0 Å². The Bertz CT molecular complexity index is 707. The second kappa shape index (κ2) is 11.4. The van der Waals surface area contributed by atoms with Crippen LogP contribution in [0.5, 0.6) is 0 Å². The monoisotopic (exact) mass is 391 g/mol. The van der Waals surface area contributed by atoms with Gasteiger partial charge in [0.1, 0.15) is 0 Å². The van der Waals surface area contributed by atoms with E-state index in [1.165, 1.54) is 41.9 Å². The maximum absolute atomic E-state index is 11.9. The van der Waals surface area contributed by atoms with Gasteiger partial charge in [0.05, 0.1) is 6.61 Å². The van der Waals surface area contributed by atoms with Crippen molar-refractivity contribution in [2.45, 2.75) is 60.3 Å². The van der Waals surface area contributed by atoms with E-state index in [4.69, 9.17) is 4.74 Å². The smallest absolute Gasteiger partial charge is 0.331 e. The Kier molecular flexibility index (Phi) is 9.20. The van der Waals surface area contributed by atoms with Crippen LogP contribution >= 0.6 is 0 Å². The standard InChI is InChI=1S/C27H35O2/c1-21(15-16-25-23(3)12-9-18-27(25,4)5)10-8-11-22(2)20-26(28)29-19-17-24-13-6-7-14-24/h6-8,10-11,13-16,20H,9,12,17-19H2,1-5H3/b11-8+,16-15+,21-10+,22-20+. The molecule has 0 amide bonds. The summed E-state index contributed by atoms with van der Waals surface area (Å²) in [6, 6.07) is 0. The number of hydrogen-bond acceptors (Lipinski definition) is 2. The molecule has 2 aliphatic rings. The first-order valence-electron chi connectivity index (χ1n) is 10.6. The van der Waals surface area contributed by atoms with E-state index in [9.17, 15) is 4.79 Å². The van der Waals surface area contributed by atoms with Crippen molar-refractivity contribution in [3.8, 4) is 0 Å². The first kappa shape index (κ1) is 23.4. The Balaban J connectivity index is 1.82. The first-order chi connectivity index (χ1) is 13.8. The summed E-state index contributed by atoms with van der Waals surface area (Å²) >= 11 is 0. The molecule has 0 spiro atoms. The summed E-state index contributed by atoms with van der Waals surface area (Å²) in [6.45, 7) is 11.3. The Labute approximate surface area is 178 Å². The number of carbonyl (C=O) groups excluding carboxylic acids is 1. The molecule has 5 radical (unpaired) electrons. The van der Waals surface area contributed by atoms with E-state index in [0.29, 0.717) is 6.61 Å². The summed E-state index contributed by atoms with van der Waals surface area (Å²) in [5.41, 5.74) is 5.31. The van der Waals surface area contributed by atoms with Crippen molar-refractivity contribution in [1.82, 2.24) is 0 Å². The minimum Gasteiger partial charge on any atom is -0.463 e. The minimum atomic E-state index is -0.291. The van der Waals surface area contributed by atoms with Gasteiger partial charge in [0.25, 0.3) is 0 Å². The number of allylic oxidation sites excluding steroid dienone is 9. The number of hydrogen-bond donors (Lipinski definition) is 0. The zero-order valence-electron chi connectivity index (χ0n) is 18.6. The molecule has 2 rings (SSSR count). The van der Waals surface area contributed by atoms with Gasteiger partial charge in [-0.15, -0.1) is 0 Å². The fourth-order valence-electron chi connectivity index (χ4n) is 3.76. The molecule has 2 aliphatic carbocycles. The van der Waals surface area contributed by atoms with Gasteiger partial charge in [-0.05, 0) is 94.6 Å². The molecule has 0 N–H and O–H groups in total. The van der Waals surface area contributed by atoms with Gasteiger partial charge in [0.2, 0.25) is 0 Å². The lowest BCUT2D eigenvalue weighted by atomic mass is 9.72. The average molecular weight is 392 g/mol. The van der Waals surface area contributed by atoms with Crippen LogP contribution in [0.3, 0.4) is 0 Å². The van der Waals surface area contributed by atoms with Crippen LogP contribution in [0.25, 0.3) is 0 Å². The maximum Gasteiger partial charge on any atom is 0.331 e. The van der Waals surface area contributed by atoms with Crippen LogP contribution < -0.4 is 0 Å². The van der Waals surface area contributed by atoms with Crippen molar-refractivity contribution in [3.05, 3.63) is 90.3 Å².